The molecule has 0 spiro atoms. The van der Waals surface area contributed by atoms with E-state index in [1.807, 2.05) is 0 Å². The van der Waals surface area contributed by atoms with Crippen molar-refractivity contribution in [3.05, 3.63) is 29.8 Å². The molecule has 0 bridgehead atoms. The zero-order valence-electron chi connectivity index (χ0n) is 9.34. The third-order valence-corrected chi connectivity index (χ3v) is 2.59. The predicted molar refractivity (Wildman–Crippen MR) is 62.1 cm³/mol. The van der Waals surface area contributed by atoms with E-state index in [0.29, 0.717) is 11.3 Å². The van der Waals surface area contributed by atoms with Gasteiger partial charge in [0.15, 0.2) is 5.78 Å². The number of fused-ring (bicyclic) bond motifs is 1. The van der Waals surface area contributed by atoms with Gasteiger partial charge in [0.1, 0.15) is 0 Å². The highest BCUT2D eigenvalue weighted by Gasteiger charge is 2.45. The van der Waals surface area contributed by atoms with Crippen LogP contribution in [-0.2, 0) is 19.9 Å². The van der Waals surface area contributed by atoms with Gasteiger partial charge < -0.3 is 10.5 Å². The summed E-state index contributed by atoms with van der Waals surface area (Å²) in [5.74, 6) is -0.934. The van der Waals surface area contributed by atoms with E-state index in [9.17, 15) is 9.59 Å². The van der Waals surface area contributed by atoms with Gasteiger partial charge >= 0.3 is 5.97 Å². The van der Waals surface area contributed by atoms with Crippen LogP contribution in [0.1, 0.15) is 12.5 Å². The minimum Gasteiger partial charge on any atom is -0.440 e. The average Bonchev–Trinajstić information content (AvgIpc) is 2.68. The van der Waals surface area contributed by atoms with E-state index in [2.05, 4.69) is 4.99 Å². The van der Waals surface area contributed by atoms with Gasteiger partial charge in [-0.2, -0.15) is 0 Å². The van der Waals surface area contributed by atoms with E-state index in [-0.39, 0.29) is 12.3 Å². The van der Waals surface area contributed by atoms with E-state index >= 15 is 0 Å². The second-order valence-corrected chi connectivity index (χ2v) is 3.73. The summed E-state index contributed by atoms with van der Waals surface area (Å²) in [5, 5.41) is 0. The van der Waals surface area contributed by atoms with Gasteiger partial charge in [-0.05, 0) is 6.07 Å². The molecule has 1 aromatic carbocycles. The first kappa shape index (κ1) is 11.5. The zero-order valence-corrected chi connectivity index (χ0v) is 9.34. The van der Waals surface area contributed by atoms with Crippen LogP contribution in [-0.4, -0.2) is 24.5 Å². The van der Waals surface area contributed by atoms with Crippen LogP contribution in [0, 0.1) is 0 Å². The van der Waals surface area contributed by atoms with Crippen molar-refractivity contribution in [3.8, 4) is 0 Å². The third-order valence-electron chi connectivity index (χ3n) is 2.59. The molecule has 1 heterocycles. The fraction of sp³-hybridized carbons (Fsp3) is 0.250. The SMILES string of the molecule is CC(=O)OC1(C(=O)CN)C=Nc2ccccc21. The number of hydrogen-bond acceptors (Lipinski definition) is 5. The number of ether oxygens (including phenoxy) is 1. The van der Waals surface area contributed by atoms with Gasteiger partial charge in [-0.1, -0.05) is 18.2 Å². The summed E-state index contributed by atoms with van der Waals surface area (Å²) in [5.41, 5.74) is 5.10. The molecular weight excluding hydrogens is 220 g/mol. The van der Waals surface area contributed by atoms with Crippen molar-refractivity contribution in [2.75, 3.05) is 6.54 Å². The molecule has 0 aliphatic carbocycles. The number of carbonyl (C=O) groups excluding carboxylic acids is 2. The van der Waals surface area contributed by atoms with Crippen LogP contribution < -0.4 is 5.73 Å². The topological polar surface area (TPSA) is 81.8 Å². The first-order valence-electron chi connectivity index (χ1n) is 5.18. The van der Waals surface area contributed by atoms with Crippen LogP contribution in [0.2, 0.25) is 0 Å². The van der Waals surface area contributed by atoms with Crippen LogP contribution in [0.25, 0.3) is 0 Å². The normalized spacial score (nSPS) is 21.1. The maximum Gasteiger partial charge on any atom is 0.304 e. The summed E-state index contributed by atoms with van der Waals surface area (Å²) in [6, 6.07) is 7.02. The fourth-order valence-electron chi connectivity index (χ4n) is 1.87. The van der Waals surface area contributed by atoms with Crippen LogP contribution in [0.4, 0.5) is 5.69 Å². The van der Waals surface area contributed by atoms with Crippen molar-refractivity contribution >= 4 is 23.7 Å². The molecule has 0 saturated carbocycles. The lowest BCUT2D eigenvalue weighted by Crippen LogP contribution is -2.43. The van der Waals surface area contributed by atoms with Crippen LogP contribution in [0.5, 0.6) is 0 Å². The summed E-state index contributed by atoms with van der Waals surface area (Å²) < 4.78 is 5.16. The minimum absolute atomic E-state index is 0.215. The van der Waals surface area contributed by atoms with Gasteiger partial charge in [0, 0.05) is 12.5 Å². The Morgan fingerprint density at radius 3 is 2.76 bits per heavy atom. The van der Waals surface area contributed by atoms with Crippen molar-refractivity contribution < 1.29 is 14.3 Å². The van der Waals surface area contributed by atoms with Crippen molar-refractivity contribution in [3.63, 3.8) is 0 Å². The second-order valence-electron chi connectivity index (χ2n) is 3.73. The molecule has 0 fully saturated rings. The molecule has 17 heavy (non-hydrogen) atoms. The molecule has 88 valence electrons. The van der Waals surface area contributed by atoms with Crippen LogP contribution in [0.3, 0.4) is 0 Å². The molecule has 5 nitrogen and oxygen atoms in total. The Hall–Kier alpha value is -2.01. The summed E-state index contributed by atoms with van der Waals surface area (Å²) >= 11 is 0. The van der Waals surface area contributed by atoms with Gasteiger partial charge in [-0.3, -0.25) is 14.6 Å². The molecule has 1 unspecified atom stereocenters. The lowest BCUT2D eigenvalue weighted by atomic mass is 9.91. The molecule has 1 aromatic rings. The molecule has 0 amide bonds. The lowest BCUT2D eigenvalue weighted by molar-refractivity contribution is -0.158. The van der Waals surface area contributed by atoms with Crippen LogP contribution >= 0.6 is 0 Å². The molecule has 2 N–H and O–H groups in total. The number of esters is 1. The molecule has 0 radical (unpaired) electrons. The van der Waals surface area contributed by atoms with E-state index in [0.717, 1.165) is 0 Å². The van der Waals surface area contributed by atoms with E-state index in [1.54, 1.807) is 24.3 Å². The maximum atomic E-state index is 11.9. The number of aliphatic imine (C=N–C) groups is 1. The summed E-state index contributed by atoms with van der Waals surface area (Å²) in [6.45, 7) is 1.04. The summed E-state index contributed by atoms with van der Waals surface area (Å²) in [4.78, 5) is 27.2. The number of para-hydroxylation sites is 1. The number of nitrogens with zero attached hydrogens (tertiary/aromatic N) is 1. The predicted octanol–water partition coefficient (Wildman–Crippen LogP) is 0.689. The Kier molecular flexibility index (Phi) is 2.77. The van der Waals surface area contributed by atoms with Crippen molar-refractivity contribution in [2.45, 2.75) is 12.5 Å². The van der Waals surface area contributed by atoms with E-state index < -0.39 is 11.6 Å². The van der Waals surface area contributed by atoms with Crippen molar-refractivity contribution in [1.29, 1.82) is 0 Å². The van der Waals surface area contributed by atoms with Crippen LogP contribution in [0.15, 0.2) is 29.3 Å². The highest BCUT2D eigenvalue weighted by atomic mass is 16.6. The molecule has 2 rings (SSSR count). The highest BCUT2D eigenvalue weighted by molar-refractivity contribution is 6.10. The number of carbonyl (C=O) groups is 2. The first-order valence-corrected chi connectivity index (χ1v) is 5.18. The number of rotatable bonds is 3. The zero-order chi connectivity index (χ0) is 12.5. The van der Waals surface area contributed by atoms with Crippen molar-refractivity contribution in [2.24, 2.45) is 10.7 Å². The van der Waals surface area contributed by atoms with Gasteiger partial charge in [-0.25, -0.2) is 0 Å². The van der Waals surface area contributed by atoms with Gasteiger partial charge in [0.2, 0.25) is 5.60 Å². The first-order chi connectivity index (χ1) is 8.10. The number of nitrogens with two attached hydrogens (primary N) is 1. The second kappa shape index (κ2) is 4.10. The van der Waals surface area contributed by atoms with Crippen molar-refractivity contribution in [1.82, 2.24) is 0 Å². The Morgan fingerprint density at radius 1 is 1.41 bits per heavy atom. The summed E-state index contributed by atoms with van der Waals surface area (Å²) in [6.07, 6.45) is 1.34. The lowest BCUT2D eigenvalue weighted by Gasteiger charge is -2.24. The smallest absolute Gasteiger partial charge is 0.304 e. The van der Waals surface area contributed by atoms with Gasteiger partial charge in [0.05, 0.1) is 18.4 Å². The largest absolute Gasteiger partial charge is 0.440 e. The van der Waals surface area contributed by atoms with E-state index in [1.165, 1.54) is 13.1 Å². The Balaban J connectivity index is 2.54. The quantitative estimate of drug-likeness (QED) is 0.777. The Bertz CT molecular complexity index is 510. The number of benzene rings is 1. The van der Waals surface area contributed by atoms with Gasteiger partial charge in [0.25, 0.3) is 0 Å². The third kappa shape index (κ3) is 1.74. The summed E-state index contributed by atoms with van der Waals surface area (Å²) in [7, 11) is 0. The molecule has 1 aliphatic rings. The molecule has 1 atom stereocenters. The molecular formula is C12H12N2O3. The Labute approximate surface area is 98.3 Å². The molecule has 0 aromatic heterocycles. The number of Topliss-reactive ketones (excluding diaryl/α,β-unsaturated/α-hetero) is 1. The number of ketones is 1. The molecule has 5 heteroatoms. The monoisotopic (exact) mass is 232 g/mol. The Morgan fingerprint density at radius 2 is 2.12 bits per heavy atom. The average molecular weight is 232 g/mol. The fourth-order valence-corrected chi connectivity index (χ4v) is 1.87. The molecule has 0 saturated heterocycles. The minimum atomic E-state index is -1.45. The highest BCUT2D eigenvalue weighted by Crippen LogP contribution is 2.38. The molecule has 1 aliphatic heterocycles. The van der Waals surface area contributed by atoms with E-state index in [4.69, 9.17) is 10.5 Å². The van der Waals surface area contributed by atoms with Gasteiger partial charge in [-0.15, -0.1) is 0 Å². The number of hydrogen-bond donors (Lipinski definition) is 1. The standard InChI is InChI=1S/C12H12N2O3/c1-8(15)17-12(11(16)6-13)7-14-10-5-3-2-4-9(10)12/h2-5,7H,6,13H2,1H3. The maximum absolute atomic E-state index is 11.9.